The minimum absolute atomic E-state index is 0.256. The summed E-state index contributed by atoms with van der Waals surface area (Å²) in [7, 11) is 0. The standard InChI is InChI=1S/C10H7N5O2/c11-5-6-17-10(16)8-1-3-9(4-2-8)15-7-12-13-14-15/h1-4,7H,6H2. The molecular weight excluding hydrogens is 222 g/mol. The maximum atomic E-state index is 11.4. The second-order valence-corrected chi connectivity index (χ2v) is 3.04. The molecule has 0 spiro atoms. The number of nitrogens with zero attached hydrogens (tertiary/aromatic N) is 5. The molecule has 7 nitrogen and oxygen atoms in total. The fraction of sp³-hybridized carbons (Fsp3) is 0.100. The van der Waals surface area contributed by atoms with Crippen molar-refractivity contribution in [2.45, 2.75) is 0 Å². The van der Waals surface area contributed by atoms with Gasteiger partial charge in [-0.2, -0.15) is 5.26 Å². The molecule has 0 aliphatic carbocycles. The van der Waals surface area contributed by atoms with Gasteiger partial charge in [-0.15, -0.1) is 5.10 Å². The first-order chi connectivity index (χ1) is 8.31. The molecule has 0 aliphatic rings. The molecule has 0 fully saturated rings. The molecule has 0 radical (unpaired) electrons. The number of esters is 1. The van der Waals surface area contributed by atoms with Crippen LogP contribution in [0.4, 0.5) is 0 Å². The van der Waals surface area contributed by atoms with Gasteiger partial charge in [-0.1, -0.05) is 0 Å². The number of hydrogen-bond donors (Lipinski definition) is 0. The number of rotatable bonds is 3. The highest BCUT2D eigenvalue weighted by Crippen LogP contribution is 2.08. The Kier molecular flexibility index (Phi) is 3.07. The van der Waals surface area contributed by atoms with Crippen molar-refractivity contribution in [2.75, 3.05) is 6.61 Å². The van der Waals surface area contributed by atoms with Gasteiger partial charge < -0.3 is 4.74 Å². The molecule has 0 saturated carbocycles. The van der Waals surface area contributed by atoms with Crippen molar-refractivity contribution < 1.29 is 9.53 Å². The first kappa shape index (κ1) is 10.8. The summed E-state index contributed by atoms with van der Waals surface area (Å²) >= 11 is 0. The lowest BCUT2D eigenvalue weighted by Gasteiger charge is -2.02. The Balaban J connectivity index is 2.14. The zero-order valence-corrected chi connectivity index (χ0v) is 8.65. The average Bonchev–Trinajstić information content (AvgIpc) is 2.90. The summed E-state index contributed by atoms with van der Waals surface area (Å²) in [6, 6.07) is 8.25. The number of carbonyl (C=O) groups excluding carboxylic acids is 1. The monoisotopic (exact) mass is 229 g/mol. The molecule has 0 unspecified atom stereocenters. The van der Waals surface area contributed by atoms with Crippen molar-refractivity contribution in [1.82, 2.24) is 20.2 Å². The topological polar surface area (TPSA) is 93.7 Å². The van der Waals surface area contributed by atoms with Gasteiger partial charge in [-0.3, -0.25) is 0 Å². The van der Waals surface area contributed by atoms with E-state index in [9.17, 15) is 4.79 Å². The quantitative estimate of drug-likeness (QED) is 0.704. The van der Waals surface area contributed by atoms with E-state index >= 15 is 0 Å². The van der Waals surface area contributed by atoms with Crippen molar-refractivity contribution in [1.29, 1.82) is 5.26 Å². The first-order valence-electron chi connectivity index (χ1n) is 4.69. The Labute approximate surface area is 96.2 Å². The molecule has 1 aromatic carbocycles. The van der Waals surface area contributed by atoms with E-state index in [1.54, 1.807) is 30.3 Å². The van der Waals surface area contributed by atoms with Crippen LogP contribution in [0.25, 0.3) is 5.69 Å². The van der Waals surface area contributed by atoms with E-state index in [1.807, 2.05) is 0 Å². The van der Waals surface area contributed by atoms with Crippen LogP contribution in [0.15, 0.2) is 30.6 Å². The largest absolute Gasteiger partial charge is 0.447 e. The molecule has 1 heterocycles. The van der Waals surface area contributed by atoms with E-state index in [2.05, 4.69) is 20.3 Å². The first-order valence-corrected chi connectivity index (χ1v) is 4.69. The highest BCUT2D eigenvalue weighted by atomic mass is 16.5. The highest BCUT2D eigenvalue weighted by molar-refractivity contribution is 5.89. The van der Waals surface area contributed by atoms with Crippen molar-refractivity contribution in [3.63, 3.8) is 0 Å². The predicted molar refractivity (Wildman–Crippen MR) is 55.0 cm³/mol. The van der Waals surface area contributed by atoms with Gasteiger partial charge in [0.05, 0.1) is 11.3 Å². The van der Waals surface area contributed by atoms with Crippen LogP contribution in [0.2, 0.25) is 0 Å². The van der Waals surface area contributed by atoms with E-state index in [0.29, 0.717) is 5.56 Å². The second-order valence-electron chi connectivity index (χ2n) is 3.04. The third-order valence-corrected chi connectivity index (χ3v) is 1.98. The molecule has 84 valence electrons. The van der Waals surface area contributed by atoms with Gasteiger partial charge in [0.25, 0.3) is 0 Å². The summed E-state index contributed by atoms with van der Waals surface area (Å²) < 4.78 is 6.12. The third kappa shape index (κ3) is 2.43. The summed E-state index contributed by atoms with van der Waals surface area (Å²) in [6.45, 7) is -0.256. The fourth-order valence-electron chi connectivity index (χ4n) is 1.21. The van der Waals surface area contributed by atoms with Crippen molar-refractivity contribution in [3.05, 3.63) is 36.2 Å². The van der Waals surface area contributed by atoms with E-state index < -0.39 is 5.97 Å². The van der Waals surface area contributed by atoms with Gasteiger partial charge >= 0.3 is 5.97 Å². The summed E-state index contributed by atoms with van der Waals surface area (Å²) in [4.78, 5) is 11.4. The molecule has 17 heavy (non-hydrogen) atoms. The molecule has 0 aliphatic heterocycles. The molecule has 7 heteroatoms. The summed E-state index contributed by atoms with van der Waals surface area (Å²) in [5.74, 6) is -0.533. The van der Waals surface area contributed by atoms with Crippen LogP contribution in [-0.4, -0.2) is 32.8 Å². The predicted octanol–water partition coefficient (Wildman–Crippen LogP) is 0.343. The molecule has 0 N–H and O–H groups in total. The number of tetrazole rings is 1. The third-order valence-electron chi connectivity index (χ3n) is 1.98. The maximum absolute atomic E-state index is 11.4. The number of ether oxygens (including phenoxy) is 1. The minimum Gasteiger partial charge on any atom is -0.447 e. The van der Waals surface area contributed by atoms with Crippen LogP contribution in [0.3, 0.4) is 0 Å². The molecule has 0 bridgehead atoms. The molecule has 1 aromatic heterocycles. The van der Waals surface area contributed by atoms with Crippen LogP contribution in [-0.2, 0) is 4.74 Å². The number of nitriles is 1. The molecule has 0 atom stereocenters. The molecule has 0 amide bonds. The molecule has 2 aromatic rings. The van der Waals surface area contributed by atoms with E-state index in [1.165, 1.54) is 11.0 Å². The van der Waals surface area contributed by atoms with Gasteiger partial charge in [0, 0.05) is 0 Å². The van der Waals surface area contributed by atoms with Crippen LogP contribution < -0.4 is 0 Å². The fourth-order valence-corrected chi connectivity index (χ4v) is 1.21. The van der Waals surface area contributed by atoms with Gasteiger partial charge in [0.1, 0.15) is 12.4 Å². The molecular formula is C10H7N5O2. The Morgan fingerprint density at radius 1 is 1.41 bits per heavy atom. The normalized spacial score (nSPS) is 9.59. The number of aromatic nitrogens is 4. The Hall–Kier alpha value is -2.75. The zero-order chi connectivity index (χ0) is 12.1. The van der Waals surface area contributed by atoms with Crippen LogP contribution in [0.1, 0.15) is 10.4 Å². The van der Waals surface area contributed by atoms with Gasteiger partial charge in [-0.05, 0) is 34.7 Å². The molecule has 0 saturated heterocycles. The smallest absolute Gasteiger partial charge is 0.339 e. The SMILES string of the molecule is N#CCOC(=O)c1ccc(-n2cnnn2)cc1. The summed E-state index contributed by atoms with van der Waals surface area (Å²) in [5, 5.41) is 19.0. The molecule has 2 rings (SSSR count). The number of hydrogen-bond acceptors (Lipinski definition) is 6. The highest BCUT2D eigenvalue weighted by Gasteiger charge is 2.07. The minimum atomic E-state index is -0.533. The van der Waals surface area contributed by atoms with Crippen LogP contribution >= 0.6 is 0 Å². The lowest BCUT2D eigenvalue weighted by molar-refractivity contribution is 0.0555. The summed E-state index contributed by atoms with van der Waals surface area (Å²) in [6.07, 6.45) is 1.45. The van der Waals surface area contributed by atoms with Crippen molar-refractivity contribution in [3.8, 4) is 11.8 Å². The average molecular weight is 229 g/mol. The van der Waals surface area contributed by atoms with Crippen molar-refractivity contribution >= 4 is 5.97 Å². The Bertz CT molecular complexity index is 541. The van der Waals surface area contributed by atoms with Gasteiger partial charge in [-0.25, -0.2) is 9.48 Å². The maximum Gasteiger partial charge on any atom is 0.339 e. The van der Waals surface area contributed by atoms with Gasteiger partial charge in [0.2, 0.25) is 0 Å². The lowest BCUT2D eigenvalue weighted by Crippen LogP contribution is -2.05. The Morgan fingerprint density at radius 3 is 2.76 bits per heavy atom. The van der Waals surface area contributed by atoms with Crippen LogP contribution in [0, 0.1) is 11.3 Å². The summed E-state index contributed by atoms with van der Waals surface area (Å²) in [5.41, 5.74) is 1.10. The van der Waals surface area contributed by atoms with E-state index in [0.717, 1.165) is 5.69 Å². The van der Waals surface area contributed by atoms with E-state index in [-0.39, 0.29) is 6.61 Å². The lowest BCUT2D eigenvalue weighted by atomic mass is 10.2. The van der Waals surface area contributed by atoms with E-state index in [4.69, 9.17) is 5.26 Å². The van der Waals surface area contributed by atoms with Gasteiger partial charge in [0.15, 0.2) is 6.61 Å². The van der Waals surface area contributed by atoms with Crippen molar-refractivity contribution in [2.24, 2.45) is 0 Å². The number of benzene rings is 1. The Morgan fingerprint density at radius 2 is 2.18 bits per heavy atom. The zero-order valence-electron chi connectivity index (χ0n) is 8.65. The van der Waals surface area contributed by atoms with Crippen LogP contribution in [0.5, 0.6) is 0 Å². The number of carbonyl (C=O) groups is 1. The second kappa shape index (κ2) is 4.85.